The van der Waals surface area contributed by atoms with E-state index < -0.39 is 47.1 Å². The Labute approximate surface area is 128 Å². The van der Waals surface area contributed by atoms with Crippen LogP contribution < -0.4 is 10.6 Å². The number of alkyl halides is 3. The summed E-state index contributed by atoms with van der Waals surface area (Å²) in [5.74, 6) is 0.371. The van der Waals surface area contributed by atoms with Crippen LogP contribution in [-0.2, 0) is 10.3 Å². The maximum absolute atomic E-state index is 14.2. The minimum absolute atomic E-state index is 0.192. The molecule has 23 heavy (non-hydrogen) atoms. The highest BCUT2D eigenvalue weighted by molar-refractivity contribution is 5.94. The average molecular weight is 330 g/mol. The Kier molecular flexibility index (Phi) is 3.56. The van der Waals surface area contributed by atoms with Crippen molar-refractivity contribution in [2.45, 2.75) is 24.6 Å². The molecule has 8 heteroatoms. The Bertz CT molecular complexity index is 730. The smallest absolute Gasteiger partial charge is 0.325 e. The molecule has 0 radical (unpaired) electrons. The van der Waals surface area contributed by atoms with E-state index in [1.807, 2.05) is 11.2 Å². The van der Waals surface area contributed by atoms with Crippen molar-refractivity contribution in [2.75, 3.05) is 11.9 Å². The van der Waals surface area contributed by atoms with E-state index in [2.05, 4.69) is 11.2 Å². The summed E-state index contributed by atoms with van der Waals surface area (Å²) >= 11 is 0. The van der Waals surface area contributed by atoms with Gasteiger partial charge in [0.15, 0.2) is 11.6 Å². The van der Waals surface area contributed by atoms with E-state index in [4.69, 9.17) is 0 Å². The number of carbonyl (C=O) groups excluding carboxylic acids is 1. The topological polar surface area (TPSA) is 41.1 Å². The summed E-state index contributed by atoms with van der Waals surface area (Å²) in [6, 6.07) is 1.56. The number of nitrogens with one attached hydrogen (secondary N) is 2. The molecule has 1 saturated carbocycles. The lowest BCUT2D eigenvalue weighted by Crippen LogP contribution is -2.54. The standard InChI is InChI=1S/C15H11F5N2O/c16-9-3-4-10-12(13(9)17)14(15(18,19)20,6-5-8-1-2-8)21-7-11(23)22-10/h3-4,8,21H,1-2,7H2,(H,22,23). The van der Waals surface area contributed by atoms with Crippen LogP contribution in [0.2, 0.25) is 0 Å². The largest absolute Gasteiger partial charge is 0.422 e. The summed E-state index contributed by atoms with van der Waals surface area (Å²) in [5.41, 5.74) is -4.62. The van der Waals surface area contributed by atoms with Crippen LogP contribution in [0.1, 0.15) is 18.4 Å². The summed E-state index contributed by atoms with van der Waals surface area (Å²) in [5, 5.41) is 4.12. The molecule has 1 heterocycles. The van der Waals surface area contributed by atoms with Gasteiger partial charge in [-0.05, 0) is 25.0 Å². The van der Waals surface area contributed by atoms with Crippen molar-refractivity contribution in [2.24, 2.45) is 5.92 Å². The van der Waals surface area contributed by atoms with Gasteiger partial charge in [0.1, 0.15) is 0 Å². The third-order valence-corrected chi connectivity index (χ3v) is 3.72. The molecule has 2 N–H and O–H groups in total. The molecule has 1 aliphatic carbocycles. The van der Waals surface area contributed by atoms with Crippen molar-refractivity contribution in [1.82, 2.24) is 5.32 Å². The van der Waals surface area contributed by atoms with E-state index in [1.165, 1.54) is 0 Å². The molecular formula is C15H11F5N2O. The fraction of sp³-hybridized carbons (Fsp3) is 0.400. The van der Waals surface area contributed by atoms with Crippen molar-refractivity contribution in [3.63, 3.8) is 0 Å². The second-order valence-electron chi connectivity index (χ2n) is 5.48. The van der Waals surface area contributed by atoms with Gasteiger partial charge >= 0.3 is 6.18 Å². The van der Waals surface area contributed by atoms with E-state index in [9.17, 15) is 26.7 Å². The van der Waals surface area contributed by atoms with Crippen LogP contribution in [0.15, 0.2) is 12.1 Å². The first-order valence-corrected chi connectivity index (χ1v) is 6.87. The van der Waals surface area contributed by atoms with Gasteiger partial charge in [0, 0.05) is 5.92 Å². The number of halogens is 5. The quantitative estimate of drug-likeness (QED) is 0.567. The van der Waals surface area contributed by atoms with Gasteiger partial charge in [-0.25, -0.2) is 8.78 Å². The molecular weight excluding hydrogens is 319 g/mol. The lowest BCUT2D eigenvalue weighted by molar-refractivity contribution is -0.182. The first-order valence-electron chi connectivity index (χ1n) is 6.87. The third-order valence-electron chi connectivity index (χ3n) is 3.72. The minimum Gasteiger partial charge on any atom is -0.325 e. The number of amides is 1. The van der Waals surface area contributed by atoms with E-state index in [0.717, 1.165) is 6.07 Å². The van der Waals surface area contributed by atoms with E-state index in [1.54, 1.807) is 0 Å². The summed E-state index contributed by atoms with van der Waals surface area (Å²) in [6.45, 7) is -0.728. The molecule has 2 aliphatic rings. The van der Waals surface area contributed by atoms with Crippen molar-refractivity contribution in [1.29, 1.82) is 0 Å². The van der Waals surface area contributed by atoms with Crippen LogP contribution in [0.25, 0.3) is 0 Å². The highest BCUT2D eigenvalue weighted by Crippen LogP contribution is 2.44. The molecule has 1 amide bonds. The normalized spacial score (nSPS) is 24.1. The number of rotatable bonds is 0. The Morgan fingerprint density at radius 3 is 2.52 bits per heavy atom. The molecule has 1 fully saturated rings. The van der Waals surface area contributed by atoms with Gasteiger partial charge in [0.25, 0.3) is 0 Å². The molecule has 1 unspecified atom stereocenters. The lowest BCUT2D eigenvalue weighted by Gasteiger charge is -2.32. The zero-order valence-corrected chi connectivity index (χ0v) is 11.7. The summed E-state index contributed by atoms with van der Waals surface area (Å²) in [7, 11) is 0. The van der Waals surface area contributed by atoms with E-state index in [0.29, 0.717) is 18.9 Å². The number of carbonyl (C=O) groups is 1. The highest BCUT2D eigenvalue weighted by atomic mass is 19.4. The SMILES string of the molecule is O=C1CNC(C#CC2CC2)(C(F)(F)F)c2c(ccc(F)c2F)N1. The second kappa shape index (κ2) is 5.20. The molecule has 1 aromatic rings. The van der Waals surface area contributed by atoms with Crippen LogP contribution >= 0.6 is 0 Å². The van der Waals surface area contributed by atoms with Crippen LogP contribution in [0.5, 0.6) is 0 Å². The number of hydrogen-bond donors (Lipinski definition) is 2. The molecule has 3 rings (SSSR count). The van der Waals surface area contributed by atoms with Crippen molar-refractivity contribution < 1.29 is 26.7 Å². The average Bonchev–Trinajstić information content (AvgIpc) is 3.27. The summed E-state index contributed by atoms with van der Waals surface area (Å²) < 4.78 is 69.1. The number of benzene rings is 1. The molecule has 3 nitrogen and oxygen atoms in total. The van der Waals surface area contributed by atoms with Crippen LogP contribution in [0.4, 0.5) is 27.6 Å². The van der Waals surface area contributed by atoms with Crippen LogP contribution in [0.3, 0.4) is 0 Å². The first kappa shape index (κ1) is 15.7. The van der Waals surface area contributed by atoms with Crippen molar-refractivity contribution in [3.05, 3.63) is 29.3 Å². The van der Waals surface area contributed by atoms with Gasteiger partial charge in [-0.2, -0.15) is 13.2 Å². The van der Waals surface area contributed by atoms with Crippen LogP contribution in [-0.4, -0.2) is 18.6 Å². The van der Waals surface area contributed by atoms with Crippen LogP contribution in [0, 0.1) is 29.4 Å². The number of fused-ring (bicyclic) bond motifs is 1. The molecule has 0 spiro atoms. The lowest BCUT2D eigenvalue weighted by atomic mass is 9.87. The second-order valence-corrected chi connectivity index (χ2v) is 5.48. The fourth-order valence-corrected chi connectivity index (χ4v) is 2.37. The highest BCUT2D eigenvalue weighted by Gasteiger charge is 2.59. The Hall–Kier alpha value is -2.14. The van der Waals surface area contributed by atoms with Crippen molar-refractivity contribution in [3.8, 4) is 11.8 Å². The molecule has 122 valence electrons. The Morgan fingerprint density at radius 1 is 1.22 bits per heavy atom. The zero-order chi connectivity index (χ0) is 16.8. The van der Waals surface area contributed by atoms with Gasteiger partial charge < -0.3 is 5.32 Å². The van der Waals surface area contributed by atoms with Gasteiger partial charge in [0.2, 0.25) is 11.4 Å². The van der Waals surface area contributed by atoms with Gasteiger partial charge in [-0.15, -0.1) is 0 Å². The third kappa shape index (κ3) is 2.65. The predicted molar refractivity (Wildman–Crippen MR) is 71.2 cm³/mol. The fourth-order valence-electron chi connectivity index (χ4n) is 2.37. The molecule has 0 bridgehead atoms. The van der Waals surface area contributed by atoms with E-state index >= 15 is 0 Å². The predicted octanol–water partition coefficient (Wildman–Crippen LogP) is 2.68. The Balaban J connectivity index is 2.29. The maximum atomic E-state index is 14.2. The molecule has 1 aromatic carbocycles. The van der Waals surface area contributed by atoms with Gasteiger partial charge in [-0.1, -0.05) is 11.8 Å². The summed E-state index contributed by atoms with van der Waals surface area (Å²) in [4.78, 5) is 11.6. The first-order chi connectivity index (χ1) is 10.7. The Morgan fingerprint density at radius 2 is 1.91 bits per heavy atom. The molecule has 1 aliphatic heterocycles. The molecule has 1 atom stereocenters. The summed E-state index contributed by atoms with van der Waals surface area (Å²) in [6.07, 6.45) is -3.72. The van der Waals surface area contributed by atoms with Crippen molar-refractivity contribution >= 4 is 11.6 Å². The minimum atomic E-state index is -5.05. The van der Waals surface area contributed by atoms with E-state index in [-0.39, 0.29) is 5.92 Å². The monoisotopic (exact) mass is 330 g/mol. The number of hydrogen-bond acceptors (Lipinski definition) is 2. The number of anilines is 1. The van der Waals surface area contributed by atoms with Gasteiger partial charge in [-0.3, -0.25) is 10.1 Å². The van der Waals surface area contributed by atoms with Gasteiger partial charge in [0.05, 0.1) is 17.8 Å². The maximum Gasteiger partial charge on any atom is 0.422 e. The zero-order valence-electron chi connectivity index (χ0n) is 11.7. The molecule has 0 saturated heterocycles. The molecule has 0 aromatic heterocycles.